The molecule has 0 radical (unpaired) electrons. The second kappa shape index (κ2) is 6.95. The Labute approximate surface area is 159 Å². The number of halogens is 2. The van der Waals surface area contributed by atoms with Gasteiger partial charge in [0.25, 0.3) is 5.91 Å². The maximum atomic E-state index is 14.1. The molecule has 3 aromatic rings. The number of aromatic nitrogens is 2. The summed E-state index contributed by atoms with van der Waals surface area (Å²) < 4.78 is 39.4. The zero-order valence-electron chi connectivity index (χ0n) is 15.3. The Morgan fingerprint density at radius 3 is 2.71 bits per heavy atom. The Hall–Kier alpha value is -3.42. The van der Waals surface area contributed by atoms with E-state index in [1.165, 1.54) is 10.7 Å². The lowest BCUT2D eigenvalue weighted by molar-refractivity contribution is 0.0971. The van der Waals surface area contributed by atoms with Crippen molar-refractivity contribution in [2.24, 2.45) is 0 Å². The van der Waals surface area contributed by atoms with Crippen LogP contribution in [0.1, 0.15) is 16.2 Å². The lowest BCUT2D eigenvalue weighted by atomic mass is 10.2. The molecule has 1 aliphatic rings. The molecule has 1 aliphatic heterocycles. The number of anilines is 1. The maximum Gasteiger partial charge on any atom is 0.279 e. The van der Waals surface area contributed by atoms with Gasteiger partial charge in [0.1, 0.15) is 29.6 Å². The summed E-state index contributed by atoms with van der Waals surface area (Å²) in [5.74, 6) is -0.617. The first-order chi connectivity index (χ1) is 13.5. The Morgan fingerprint density at radius 2 is 1.96 bits per heavy atom. The van der Waals surface area contributed by atoms with Crippen LogP contribution in [0.5, 0.6) is 11.5 Å². The fourth-order valence-electron chi connectivity index (χ4n) is 3.15. The van der Waals surface area contributed by atoms with Gasteiger partial charge in [0.2, 0.25) is 0 Å². The van der Waals surface area contributed by atoms with Crippen LogP contribution in [-0.2, 0) is 0 Å². The zero-order chi connectivity index (χ0) is 19.8. The van der Waals surface area contributed by atoms with E-state index in [0.717, 1.165) is 12.1 Å². The molecule has 8 heteroatoms. The number of fused-ring (bicyclic) bond motifs is 1. The lowest BCUT2D eigenvalue weighted by Crippen LogP contribution is -2.38. The minimum absolute atomic E-state index is 0.0713. The molecule has 0 unspecified atom stereocenters. The number of methoxy groups -OCH3 is 1. The topological polar surface area (TPSA) is 56.6 Å². The highest BCUT2D eigenvalue weighted by atomic mass is 19.1. The quantitative estimate of drug-likeness (QED) is 0.692. The molecule has 0 fully saturated rings. The summed E-state index contributed by atoms with van der Waals surface area (Å²) in [5.41, 5.74) is 1.35. The average Bonchev–Trinajstić information content (AvgIpc) is 3.08. The summed E-state index contributed by atoms with van der Waals surface area (Å²) >= 11 is 0. The molecule has 0 bridgehead atoms. The second-order valence-corrected chi connectivity index (χ2v) is 6.32. The van der Waals surface area contributed by atoms with Crippen LogP contribution in [0.25, 0.3) is 5.69 Å². The highest BCUT2D eigenvalue weighted by Gasteiger charge is 2.27. The number of rotatable bonds is 3. The van der Waals surface area contributed by atoms with Gasteiger partial charge < -0.3 is 9.47 Å². The minimum Gasteiger partial charge on any atom is -0.497 e. The fourth-order valence-corrected chi connectivity index (χ4v) is 3.15. The van der Waals surface area contributed by atoms with Gasteiger partial charge in [-0.2, -0.15) is 5.10 Å². The van der Waals surface area contributed by atoms with Crippen molar-refractivity contribution < 1.29 is 23.0 Å². The molecule has 28 heavy (non-hydrogen) atoms. The van der Waals surface area contributed by atoms with Crippen LogP contribution in [0.4, 0.5) is 14.5 Å². The molecule has 2 heterocycles. The maximum absolute atomic E-state index is 14.1. The fraction of sp³-hybridized carbons (Fsp3) is 0.200. The number of hydrogen-bond acceptors (Lipinski definition) is 4. The van der Waals surface area contributed by atoms with Crippen LogP contribution in [0, 0.1) is 18.6 Å². The standard InChI is InChI=1S/C20H17F2N3O3/c1-12-9-16(23-25(12)17-5-3-13(21)10-15(17)22)20(26)24-7-8-28-19-6-4-14(27-2)11-18(19)24/h3-6,9-11H,7-8H2,1-2H3. The van der Waals surface area contributed by atoms with E-state index in [-0.39, 0.29) is 17.3 Å². The lowest BCUT2D eigenvalue weighted by Gasteiger charge is -2.29. The monoisotopic (exact) mass is 385 g/mol. The highest BCUT2D eigenvalue weighted by molar-refractivity contribution is 6.06. The summed E-state index contributed by atoms with van der Waals surface area (Å²) in [6, 6.07) is 9.99. The number of amides is 1. The van der Waals surface area contributed by atoms with Crippen molar-refractivity contribution in [3.8, 4) is 17.2 Å². The third kappa shape index (κ3) is 3.06. The van der Waals surface area contributed by atoms with E-state index in [0.29, 0.717) is 36.0 Å². The molecule has 0 spiro atoms. The van der Waals surface area contributed by atoms with E-state index in [1.54, 1.807) is 43.2 Å². The van der Waals surface area contributed by atoms with Gasteiger partial charge in [-0.3, -0.25) is 9.69 Å². The minimum atomic E-state index is -0.758. The van der Waals surface area contributed by atoms with Gasteiger partial charge in [-0.05, 0) is 37.3 Å². The van der Waals surface area contributed by atoms with Crippen LogP contribution in [-0.4, -0.2) is 35.9 Å². The van der Waals surface area contributed by atoms with Gasteiger partial charge in [0.05, 0.1) is 19.3 Å². The number of nitrogens with zero attached hydrogens (tertiary/aromatic N) is 3. The molecule has 144 valence electrons. The highest BCUT2D eigenvalue weighted by Crippen LogP contribution is 2.35. The largest absolute Gasteiger partial charge is 0.497 e. The van der Waals surface area contributed by atoms with Gasteiger partial charge in [0, 0.05) is 17.8 Å². The number of ether oxygens (including phenoxy) is 2. The van der Waals surface area contributed by atoms with E-state index in [4.69, 9.17) is 9.47 Å². The summed E-state index contributed by atoms with van der Waals surface area (Å²) in [4.78, 5) is 14.6. The van der Waals surface area contributed by atoms with Crippen LogP contribution >= 0.6 is 0 Å². The first-order valence-corrected chi connectivity index (χ1v) is 8.62. The second-order valence-electron chi connectivity index (χ2n) is 6.32. The van der Waals surface area contributed by atoms with Crippen LogP contribution in [0.15, 0.2) is 42.5 Å². The van der Waals surface area contributed by atoms with Crippen molar-refractivity contribution in [2.45, 2.75) is 6.92 Å². The number of aryl methyl sites for hydroxylation is 1. The van der Waals surface area contributed by atoms with Crippen molar-refractivity contribution >= 4 is 11.6 Å². The smallest absolute Gasteiger partial charge is 0.279 e. The molecular formula is C20H17F2N3O3. The Bertz CT molecular complexity index is 1060. The summed E-state index contributed by atoms with van der Waals surface area (Å²) in [6.45, 7) is 2.38. The van der Waals surface area contributed by atoms with Gasteiger partial charge in [-0.1, -0.05) is 0 Å². The van der Waals surface area contributed by atoms with Crippen LogP contribution in [0.2, 0.25) is 0 Å². The van der Waals surface area contributed by atoms with Gasteiger partial charge in [-0.25, -0.2) is 13.5 Å². The molecule has 1 amide bonds. The number of hydrogen-bond donors (Lipinski definition) is 0. The zero-order valence-corrected chi connectivity index (χ0v) is 15.3. The summed E-state index contributed by atoms with van der Waals surface area (Å²) in [6.07, 6.45) is 0. The SMILES string of the molecule is COc1ccc2c(c1)N(C(=O)c1cc(C)n(-c3ccc(F)cc3F)n1)CCO2. The Kier molecular flexibility index (Phi) is 4.46. The van der Waals surface area contributed by atoms with E-state index >= 15 is 0 Å². The molecule has 4 rings (SSSR count). The molecule has 1 aromatic heterocycles. The van der Waals surface area contributed by atoms with Crippen molar-refractivity contribution in [3.05, 3.63) is 65.5 Å². The number of carbonyl (C=O) groups excluding carboxylic acids is 1. The molecule has 0 saturated heterocycles. The van der Waals surface area contributed by atoms with E-state index < -0.39 is 11.6 Å². The van der Waals surface area contributed by atoms with Gasteiger partial charge in [-0.15, -0.1) is 0 Å². The number of benzene rings is 2. The molecule has 6 nitrogen and oxygen atoms in total. The third-order valence-corrected chi connectivity index (χ3v) is 4.52. The first-order valence-electron chi connectivity index (χ1n) is 8.62. The third-order valence-electron chi connectivity index (χ3n) is 4.52. The van der Waals surface area contributed by atoms with Crippen molar-refractivity contribution in [2.75, 3.05) is 25.2 Å². The number of carbonyl (C=O) groups is 1. The van der Waals surface area contributed by atoms with Crippen LogP contribution < -0.4 is 14.4 Å². The van der Waals surface area contributed by atoms with Gasteiger partial charge >= 0.3 is 0 Å². The van der Waals surface area contributed by atoms with E-state index in [2.05, 4.69) is 5.10 Å². The molecule has 2 aromatic carbocycles. The molecular weight excluding hydrogens is 368 g/mol. The molecule has 0 N–H and O–H groups in total. The van der Waals surface area contributed by atoms with Crippen molar-refractivity contribution in [1.82, 2.24) is 9.78 Å². The van der Waals surface area contributed by atoms with Crippen LogP contribution in [0.3, 0.4) is 0 Å². The Balaban J connectivity index is 1.71. The van der Waals surface area contributed by atoms with E-state index in [9.17, 15) is 13.6 Å². The molecule has 0 aliphatic carbocycles. The van der Waals surface area contributed by atoms with Crippen molar-refractivity contribution in [1.29, 1.82) is 0 Å². The van der Waals surface area contributed by atoms with E-state index in [1.807, 2.05) is 0 Å². The Morgan fingerprint density at radius 1 is 1.14 bits per heavy atom. The normalized spacial score (nSPS) is 13.1. The predicted octanol–water partition coefficient (Wildman–Crippen LogP) is 3.51. The summed E-state index contributed by atoms with van der Waals surface area (Å²) in [5, 5.41) is 4.25. The van der Waals surface area contributed by atoms with Crippen molar-refractivity contribution in [3.63, 3.8) is 0 Å². The predicted molar refractivity (Wildman–Crippen MR) is 98.4 cm³/mol. The molecule has 0 atom stereocenters. The molecule has 0 saturated carbocycles. The average molecular weight is 385 g/mol. The first kappa shape index (κ1) is 18.0. The summed E-state index contributed by atoms with van der Waals surface area (Å²) in [7, 11) is 1.54. The van der Waals surface area contributed by atoms with Gasteiger partial charge in [0.15, 0.2) is 11.5 Å².